The number of rotatable bonds is 6. The Morgan fingerprint density at radius 3 is 2.39 bits per heavy atom. The molecule has 0 aromatic rings. The van der Waals surface area contributed by atoms with Crippen molar-refractivity contribution >= 4 is 0 Å². The van der Waals surface area contributed by atoms with E-state index < -0.39 is 0 Å². The van der Waals surface area contributed by atoms with E-state index in [-0.39, 0.29) is 0 Å². The summed E-state index contributed by atoms with van der Waals surface area (Å²) in [5.74, 6) is 1.64. The highest BCUT2D eigenvalue weighted by Crippen LogP contribution is 2.28. The molecule has 0 amide bonds. The molecule has 1 aliphatic rings. The zero-order chi connectivity index (χ0) is 13.7. The first-order valence-corrected chi connectivity index (χ1v) is 7.87. The van der Waals surface area contributed by atoms with E-state index in [4.69, 9.17) is 0 Å². The highest BCUT2D eigenvalue weighted by Gasteiger charge is 2.27. The van der Waals surface area contributed by atoms with Crippen LogP contribution in [0.3, 0.4) is 0 Å². The summed E-state index contributed by atoms with van der Waals surface area (Å²) in [5.41, 5.74) is 0. The van der Waals surface area contributed by atoms with Gasteiger partial charge in [-0.25, -0.2) is 0 Å². The zero-order valence-corrected chi connectivity index (χ0v) is 13.4. The molecule has 1 rings (SSSR count). The van der Waals surface area contributed by atoms with Gasteiger partial charge >= 0.3 is 0 Å². The van der Waals surface area contributed by atoms with Gasteiger partial charge in [-0.05, 0) is 45.2 Å². The molecule has 0 aromatic carbocycles. The Balaban J connectivity index is 2.41. The Bertz CT molecular complexity index is 227. The molecule has 4 unspecified atom stereocenters. The first kappa shape index (κ1) is 16.0. The third kappa shape index (κ3) is 4.89. The smallest absolute Gasteiger partial charge is 0.0105 e. The van der Waals surface area contributed by atoms with Crippen LogP contribution in [0.15, 0.2) is 0 Å². The fourth-order valence-electron chi connectivity index (χ4n) is 3.10. The second kappa shape index (κ2) is 7.49. The fraction of sp³-hybridized carbons (Fsp3) is 1.00. The van der Waals surface area contributed by atoms with Crippen LogP contribution in [-0.4, -0.2) is 36.6 Å². The third-order valence-electron chi connectivity index (χ3n) is 4.80. The van der Waals surface area contributed by atoms with E-state index in [0.29, 0.717) is 12.1 Å². The van der Waals surface area contributed by atoms with Gasteiger partial charge in [0.05, 0.1) is 0 Å². The largest absolute Gasteiger partial charge is 0.314 e. The molecule has 108 valence electrons. The summed E-state index contributed by atoms with van der Waals surface area (Å²) < 4.78 is 0. The molecule has 1 fully saturated rings. The third-order valence-corrected chi connectivity index (χ3v) is 4.80. The predicted molar refractivity (Wildman–Crippen MR) is 80.9 cm³/mol. The molecule has 0 bridgehead atoms. The lowest BCUT2D eigenvalue weighted by molar-refractivity contribution is 0.0972. The molecule has 0 heterocycles. The Labute approximate surface area is 115 Å². The molecule has 0 aromatic heterocycles. The van der Waals surface area contributed by atoms with Crippen molar-refractivity contribution in [3.8, 4) is 0 Å². The van der Waals surface area contributed by atoms with Gasteiger partial charge in [-0.2, -0.15) is 0 Å². The fourth-order valence-corrected chi connectivity index (χ4v) is 3.10. The van der Waals surface area contributed by atoms with Crippen LogP contribution in [0, 0.1) is 11.8 Å². The SMILES string of the molecule is CC1CCCC(N(C)C(C)C(C)CNC(C)C)C1. The first-order chi connectivity index (χ1) is 8.41. The highest BCUT2D eigenvalue weighted by molar-refractivity contribution is 4.82. The van der Waals surface area contributed by atoms with Crippen LogP contribution < -0.4 is 5.32 Å². The lowest BCUT2D eigenvalue weighted by Crippen LogP contribution is -2.46. The number of hydrogen-bond acceptors (Lipinski definition) is 2. The molecule has 1 aliphatic carbocycles. The summed E-state index contributed by atoms with van der Waals surface area (Å²) in [7, 11) is 2.33. The van der Waals surface area contributed by atoms with Gasteiger partial charge in [-0.1, -0.05) is 40.5 Å². The second-order valence-electron chi connectivity index (χ2n) is 6.87. The van der Waals surface area contributed by atoms with Crippen LogP contribution in [-0.2, 0) is 0 Å². The Hall–Kier alpha value is -0.0800. The van der Waals surface area contributed by atoms with Gasteiger partial charge in [0.15, 0.2) is 0 Å². The zero-order valence-electron chi connectivity index (χ0n) is 13.4. The molecule has 1 saturated carbocycles. The van der Waals surface area contributed by atoms with Gasteiger partial charge in [0.1, 0.15) is 0 Å². The molecule has 0 radical (unpaired) electrons. The van der Waals surface area contributed by atoms with Crippen molar-refractivity contribution in [2.75, 3.05) is 13.6 Å². The van der Waals surface area contributed by atoms with E-state index in [1.807, 2.05) is 0 Å². The van der Waals surface area contributed by atoms with Gasteiger partial charge in [-0.15, -0.1) is 0 Å². The first-order valence-electron chi connectivity index (χ1n) is 7.87. The molecular formula is C16H34N2. The number of hydrogen-bond donors (Lipinski definition) is 1. The molecule has 0 spiro atoms. The lowest BCUT2D eigenvalue weighted by atomic mass is 9.85. The Kier molecular flexibility index (Phi) is 6.65. The summed E-state index contributed by atoms with van der Waals surface area (Å²) in [6, 6.07) is 2.08. The minimum absolute atomic E-state index is 0.597. The van der Waals surface area contributed by atoms with Crippen molar-refractivity contribution in [3.63, 3.8) is 0 Å². The molecular weight excluding hydrogens is 220 g/mol. The van der Waals surface area contributed by atoms with E-state index in [2.05, 4.69) is 51.9 Å². The van der Waals surface area contributed by atoms with Gasteiger partial charge in [0.25, 0.3) is 0 Å². The molecule has 18 heavy (non-hydrogen) atoms. The van der Waals surface area contributed by atoms with Crippen molar-refractivity contribution < 1.29 is 0 Å². The highest BCUT2D eigenvalue weighted by atomic mass is 15.2. The average Bonchev–Trinajstić information content (AvgIpc) is 2.34. The summed E-state index contributed by atoms with van der Waals surface area (Å²) in [6.45, 7) is 12.8. The number of nitrogens with zero attached hydrogens (tertiary/aromatic N) is 1. The molecule has 1 N–H and O–H groups in total. The molecule has 2 nitrogen and oxygen atoms in total. The van der Waals surface area contributed by atoms with Crippen LogP contribution in [0.1, 0.15) is 60.3 Å². The Morgan fingerprint density at radius 1 is 1.17 bits per heavy atom. The standard InChI is InChI=1S/C16H34N2/c1-12(2)17-11-14(4)15(5)18(6)16-9-7-8-13(3)10-16/h12-17H,7-11H2,1-6H3. The summed E-state index contributed by atoms with van der Waals surface area (Å²) in [5, 5.41) is 3.57. The lowest BCUT2D eigenvalue weighted by Gasteiger charge is -2.40. The van der Waals surface area contributed by atoms with Gasteiger partial charge < -0.3 is 10.2 Å². The van der Waals surface area contributed by atoms with Gasteiger partial charge in [-0.3, -0.25) is 0 Å². The van der Waals surface area contributed by atoms with Crippen LogP contribution >= 0.6 is 0 Å². The molecule has 4 atom stereocenters. The van der Waals surface area contributed by atoms with E-state index in [1.165, 1.54) is 25.7 Å². The normalized spacial score (nSPS) is 28.7. The predicted octanol–water partition coefficient (Wildman–Crippen LogP) is 3.52. The summed E-state index contributed by atoms with van der Waals surface area (Å²) in [4.78, 5) is 2.64. The van der Waals surface area contributed by atoms with Crippen molar-refractivity contribution in [2.45, 2.75) is 78.4 Å². The van der Waals surface area contributed by atoms with Crippen molar-refractivity contribution in [2.24, 2.45) is 11.8 Å². The van der Waals surface area contributed by atoms with Crippen LogP contribution in [0.2, 0.25) is 0 Å². The molecule has 0 saturated heterocycles. The molecule has 0 aliphatic heterocycles. The Morgan fingerprint density at radius 2 is 1.83 bits per heavy atom. The topological polar surface area (TPSA) is 15.3 Å². The van der Waals surface area contributed by atoms with E-state index >= 15 is 0 Å². The van der Waals surface area contributed by atoms with Crippen molar-refractivity contribution in [3.05, 3.63) is 0 Å². The average molecular weight is 254 g/mol. The quantitative estimate of drug-likeness (QED) is 0.780. The van der Waals surface area contributed by atoms with Crippen molar-refractivity contribution in [1.29, 1.82) is 0 Å². The molecule has 2 heteroatoms. The maximum atomic E-state index is 3.57. The summed E-state index contributed by atoms with van der Waals surface area (Å²) in [6.07, 6.45) is 5.64. The van der Waals surface area contributed by atoms with Crippen LogP contribution in [0.5, 0.6) is 0 Å². The van der Waals surface area contributed by atoms with Crippen LogP contribution in [0.25, 0.3) is 0 Å². The second-order valence-corrected chi connectivity index (χ2v) is 6.87. The minimum atomic E-state index is 0.597. The monoisotopic (exact) mass is 254 g/mol. The minimum Gasteiger partial charge on any atom is -0.314 e. The maximum Gasteiger partial charge on any atom is 0.0105 e. The maximum absolute atomic E-state index is 3.57. The van der Waals surface area contributed by atoms with Gasteiger partial charge in [0.2, 0.25) is 0 Å². The van der Waals surface area contributed by atoms with Crippen LogP contribution in [0.4, 0.5) is 0 Å². The number of nitrogens with one attached hydrogen (secondary N) is 1. The van der Waals surface area contributed by atoms with E-state index in [1.54, 1.807) is 0 Å². The van der Waals surface area contributed by atoms with Crippen molar-refractivity contribution in [1.82, 2.24) is 10.2 Å². The van der Waals surface area contributed by atoms with E-state index in [0.717, 1.165) is 24.4 Å². The van der Waals surface area contributed by atoms with E-state index in [9.17, 15) is 0 Å². The summed E-state index contributed by atoms with van der Waals surface area (Å²) >= 11 is 0. The van der Waals surface area contributed by atoms with Gasteiger partial charge in [0, 0.05) is 18.1 Å².